The van der Waals surface area contributed by atoms with E-state index < -0.39 is 12.0 Å². The molecule has 2 aliphatic rings. The zero-order chi connectivity index (χ0) is 23.3. The van der Waals surface area contributed by atoms with Crippen LogP contribution < -0.4 is 11.1 Å². The fraction of sp³-hybridized carbons (Fsp3) is 0.652. The van der Waals surface area contributed by atoms with E-state index in [1.165, 1.54) is 0 Å². The van der Waals surface area contributed by atoms with Crippen LogP contribution in [0.2, 0.25) is 0 Å². The lowest BCUT2D eigenvalue weighted by Crippen LogP contribution is -2.67. The summed E-state index contributed by atoms with van der Waals surface area (Å²) in [6, 6.07) is 2.38. The molecule has 1 saturated heterocycles. The number of nitrogens with zero attached hydrogens (tertiary/aromatic N) is 3. The lowest BCUT2D eigenvalue weighted by atomic mass is 9.93. The van der Waals surface area contributed by atoms with E-state index in [9.17, 15) is 19.5 Å². The van der Waals surface area contributed by atoms with E-state index in [4.69, 9.17) is 5.73 Å². The van der Waals surface area contributed by atoms with Crippen molar-refractivity contribution in [1.82, 2.24) is 15.2 Å². The molecule has 4 N–H and O–H groups in total. The Hall–Kier alpha value is -2.52. The molecule has 1 aromatic heterocycles. The van der Waals surface area contributed by atoms with Gasteiger partial charge < -0.3 is 16.2 Å². The molecular formula is C23H36N5O4+. The number of nitrogens with two attached hydrogens (primary N) is 1. The summed E-state index contributed by atoms with van der Waals surface area (Å²) in [5.74, 6) is -0.756. The number of aliphatic carboxylic acids is 1. The predicted molar refractivity (Wildman–Crippen MR) is 120 cm³/mol. The highest BCUT2D eigenvalue weighted by molar-refractivity contribution is 5.87. The van der Waals surface area contributed by atoms with Crippen molar-refractivity contribution in [2.24, 2.45) is 0 Å². The summed E-state index contributed by atoms with van der Waals surface area (Å²) in [5, 5.41) is 12.4. The molecule has 2 heterocycles. The average Bonchev–Trinajstić information content (AvgIpc) is 3.18. The fourth-order valence-corrected chi connectivity index (χ4v) is 5.29. The number of aromatic nitrogens is 1. The molecule has 1 aliphatic heterocycles. The van der Waals surface area contributed by atoms with Gasteiger partial charge in [0.2, 0.25) is 0 Å². The first-order valence-corrected chi connectivity index (χ1v) is 11.6. The van der Waals surface area contributed by atoms with Crippen molar-refractivity contribution >= 4 is 23.7 Å². The molecule has 1 aromatic rings. The molecule has 0 radical (unpaired) electrons. The van der Waals surface area contributed by atoms with Crippen molar-refractivity contribution in [2.45, 2.75) is 83.5 Å². The smallest absolute Gasteiger partial charge is 0.424 e. The molecule has 176 valence electrons. The van der Waals surface area contributed by atoms with Crippen molar-refractivity contribution < 1.29 is 24.0 Å². The first-order valence-electron chi connectivity index (χ1n) is 11.6. The van der Waals surface area contributed by atoms with Crippen LogP contribution in [0.5, 0.6) is 0 Å². The molecular weight excluding hydrogens is 410 g/mol. The number of carbonyl (C=O) groups excluding carboxylic acids is 2. The van der Waals surface area contributed by atoms with Gasteiger partial charge >= 0.3 is 17.9 Å². The van der Waals surface area contributed by atoms with Gasteiger partial charge in [-0.1, -0.05) is 25.3 Å². The van der Waals surface area contributed by atoms with Crippen LogP contribution >= 0.6 is 0 Å². The van der Waals surface area contributed by atoms with Gasteiger partial charge in [0.05, 0.1) is 13.1 Å². The van der Waals surface area contributed by atoms with Crippen molar-refractivity contribution in [1.29, 1.82) is 0 Å². The maximum Gasteiger partial charge on any atom is 0.424 e. The van der Waals surface area contributed by atoms with Crippen molar-refractivity contribution in [3.05, 3.63) is 23.9 Å². The van der Waals surface area contributed by atoms with Crippen LogP contribution in [-0.4, -0.2) is 68.6 Å². The standard InChI is InChI=1S/C23H35N5O4/c1-16-7-6-12-28(16,23(32)26-14-18-10-11-20(24)25-13-18)22(31)17(2)27(15-21(29)30)19-8-4-3-5-9-19/h10-11,13,16-17,19H,3-9,12,14-15H2,1-2H3,(H3-,24,25,26,29,30,32)/p+1/t16-,17+,28?/m1/s1. The number of hydrogen-bond donors (Lipinski definition) is 3. The highest BCUT2D eigenvalue weighted by Gasteiger charge is 2.55. The van der Waals surface area contributed by atoms with Crippen LogP contribution in [-0.2, 0) is 16.1 Å². The van der Waals surface area contributed by atoms with Gasteiger partial charge in [-0.05, 0) is 38.3 Å². The van der Waals surface area contributed by atoms with Gasteiger partial charge in [-0.2, -0.15) is 4.48 Å². The topological polar surface area (TPSA) is 126 Å². The third kappa shape index (κ3) is 5.10. The zero-order valence-corrected chi connectivity index (χ0v) is 19.1. The number of quaternary nitrogens is 1. The van der Waals surface area contributed by atoms with Crippen molar-refractivity contribution in [3.8, 4) is 0 Å². The molecule has 1 aliphatic carbocycles. The van der Waals surface area contributed by atoms with Crippen molar-refractivity contribution in [2.75, 3.05) is 18.8 Å². The minimum Gasteiger partial charge on any atom is -0.480 e. The normalized spacial score (nSPS) is 24.9. The highest BCUT2D eigenvalue weighted by Crippen LogP contribution is 2.32. The lowest BCUT2D eigenvalue weighted by Gasteiger charge is -2.41. The second kappa shape index (κ2) is 10.4. The van der Waals surface area contributed by atoms with Gasteiger partial charge in [0.1, 0.15) is 17.9 Å². The Bertz CT molecular complexity index is 824. The molecule has 0 spiro atoms. The van der Waals surface area contributed by atoms with Crippen LogP contribution in [0.1, 0.15) is 64.4 Å². The number of carboxylic acid groups (broad SMARTS) is 1. The summed E-state index contributed by atoms with van der Waals surface area (Å²) in [6.07, 6.45) is 8.14. The minimum absolute atomic E-state index is 0.0562. The van der Waals surface area contributed by atoms with Gasteiger partial charge in [0.25, 0.3) is 0 Å². The van der Waals surface area contributed by atoms with E-state index in [1.807, 2.05) is 11.8 Å². The van der Waals surface area contributed by atoms with Gasteiger partial charge in [-0.25, -0.2) is 14.6 Å². The van der Waals surface area contributed by atoms with E-state index in [0.29, 0.717) is 12.4 Å². The Morgan fingerprint density at radius 2 is 1.94 bits per heavy atom. The first kappa shape index (κ1) is 24.1. The maximum absolute atomic E-state index is 13.9. The van der Waals surface area contributed by atoms with Crippen molar-refractivity contribution in [3.63, 3.8) is 0 Å². The number of hydrogen-bond acceptors (Lipinski definition) is 6. The third-order valence-corrected chi connectivity index (χ3v) is 7.15. The number of likely N-dealkylation sites (tertiary alicyclic amines) is 1. The van der Waals surface area contributed by atoms with E-state index in [2.05, 4.69) is 10.3 Å². The molecule has 2 fully saturated rings. The second-order valence-corrected chi connectivity index (χ2v) is 9.21. The summed E-state index contributed by atoms with van der Waals surface area (Å²) in [5.41, 5.74) is 6.42. The Kier molecular flexibility index (Phi) is 7.84. The Morgan fingerprint density at radius 1 is 1.22 bits per heavy atom. The molecule has 32 heavy (non-hydrogen) atoms. The molecule has 9 nitrogen and oxygen atoms in total. The average molecular weight is 447 g/mol. The summed E-state index contributed by atoms with van der Waals surface area (Å²) in [7, 11) is 0. The third-order valence-electron chi connectivity index (χ3n) is 7.15. The van der Waals surface area contributed by atoms with E-state index in [1.54, 1.807) is 25.3 Å². The molecule has 3 atom stereocenters. The van der Waals surface area contributed by atoms with E-state index in [-0.39, 0.29) is 41.6 Å². The highest BCUT2D eigenvalue weighted by atomic mass is 16.4. The van der Waals surface area contributed by atoms with E-state index >= 15 is 0 Å². The monoisotopic (exact) mass is 446 g/mol. The second-order valence-electron chi connectivity index (χ2n) is 9.21. The van der Waals surface area contributed by atoms with Crippen LogP contribution in [0.25, 0.3) is 0 Å². The SMILES string of the molecule is C[C@@H]1CCC[N+]1(C(=O)NCc1ccc(N)nc1)C(=O)[C@H](C)N(CC(=O)O)C1CCCCC1. The number of pyridine rings is 1. The molecule has 1 unspecified atom stereocenters. The van der Waals surface area contributed by atoms with Gasteiger partial charge in [0, 0.05) is 31.6 Å². The lowest BCUT2D eigenvalue weighted by molar-refractivity contribution is -0.786. The molecule has 9 heteroatoms. The summed E-state index contributed by atoms with van der Waals surface area (Å²) in [4.78, 5) is 44.8. The molecule has 3 rings (SSSR count). The number of amides is 3. The van der Waals surface area contributed by atoms with Crippen LogP contribution in [0.15, 0.2) is 18.3 Å². The predicted octanol–water partition coefficient (Wildman–Crippen LogP) is 2.51. The summed E-state index contributed by atoms with van der Waals surface area (Å²) in [6.45, 7) is 4.20. The Balaban J connectivity index is 1.80. The maximum atomic E-state index is 13.9. The summed E-state index contributed by atoms with van der Waals surface area (Å²) < 4.78 is -0.285. The number of carboxylic acids is 1. The number of nitrogen functional groups attached to an aromatic ring is 1. The van der Waals surface area contributed by atoms with Gasteiger partial charge in [-0.3, -0.25) is 9.69 Å². The van der Waals surface area contributed by atoms with Crippen LogP contribution in [0.4, 0.5) is 10.6 Å². The molecule has 0 bridgehead atoms. The molecule has 0 aromatic carbocycles. The molecule has 1 saturated carbocycles. The number of carbonyl (C=O) groups is 3. The fourth-order valence-electron chi connectivity index (χ4n) is 5.29. The summed E-state index contributed by atoms with van der Waals surface area (Å²) >= 11 is 0. The Morgan fingerprint density at radius 3 is 2.50 bits per heavy atom. The number of imide groups is 1. The van der Waals surface area contributed by atoms with Crippen LogP contribution in [0.3, 0.4) is 0 Å². The first-order chi connectivity index (χ1) is 15.3. The number of urea groups is 1. The minimum atomic E-state index is -0.948. The Labute approximate surface area is 189 Å². The van der Waals surface area contributed by atoms with Crippen LogP contribution in [0, 0.1) is 0 Å². The number of anilines is 1. The largest absolute Gasteiger partial charge is 0.480 e. The van der Waals surface area contributed by atoms with E-state index in [0.717, 1.165) is 50.5 Å². The number of nitrogens with one attached hydrogen (secondary N) is 1. The quantitative estimate of drug-likeness (QED) is 0.549. The molecule has 3 amide bonds. The van der Waals surface area contributed by atoms with Gasteiger partial charge in [0.15, 0.2) is 0 Å². The zero-order valence-electron chi connectivity index (χ0n) is 19.1. The van der Waals surface area contributed by atoms with Gasteiger partial charge in [-0.15, -0.1) is 0 Å². The number of rotatable bonds is 7.